The Morgan fingerprint density at radius 1 is 1.43 bits per heavy atom. The maximum Gasteiger partial charge on any atom is 0.326 e. The average Bonchev–Trinajstić information content (AvgIpc) is 2.15. The van der Waals surface area contributed by atoms with E-state index in [0.29, 0.717) is 19.3 Å². The third kappa shape index (κ3) is 4.23. The molecule has 0 aromatic heterocycles. The molecule has 5 heteroatoms. The predicted molar refractivity (Wildman–Crippen MR) is 52.7 cm³/mol. The summed E-state index contributed by atoms with van der Waals surface area (Å²) >= 11 is 0. The monoisotopic (exact) mass is 202 g/mol. The molecule has 1 amide bonds. The summed E-state index contributed by atoms with van der Waals surface area (Å²) < 4.78 is 0. The molecule has 5 nitrogen and oxygen atoms in total. The number of hydrogen-bond acceptors (Lipinski definition) is 3. The summed E-state index contributed by atoms with van der Waals surface area (Å²) in [5.41, 5.74) is 5.46. The molecule has 0 fully saturated rings. The quantitative estimate of drug-likeness (QED) is 0.569. The van der Waals surface area contributed by atoms with E-state index in [9.17, 15) is 9.59 Å². The Morgan fingerprint density at radius 2 is 2.00 bits per heavy atom. The number of nitrogens with one attached hydrogen (secondary N) is 1. The van der Waals surface area contributed by atoms with Crippen LogP contribution in [0.25, 0.3) is 0 Å². The average molecular weight is 202 g/mol. The van der Waals surface area contributed by atoms with Gasteiger partial charge in [0.25, 0.3) is 0 Å². The summed E-state index contributed by atoms with van der Waals surface area (Å²) in [7, 11) is 0. The van der Waals surface area contributed by atoms with Crippen LogP contribution in [0.1, 0.15) is 33.1 Å². The molecule has 0 bridgehead atoms. The number of carbonyl (C=O) groups excluding carboxylic acids is 1. The molecular formula is C9H18N2O3. The van der Waals surface area contributed by atoms with Crippen molar-refractivity contribution in [3.8, 4) is 0 Å². The zero-order valence-corrected chi connectivity index (χ0v) is 8.62. The van der Waals surface area contributed by atoms with Gasteiger partial charge in [0.1, 0.15) is 6.04 Å². The molecule has 0 aromatic carbocycles. The van der Waals surface area contributed by atoms with Gasteiger partial charge in [-0.15, -0.1) is 0 Å². The van der Waals surface area contributed by atoms with Crippen LogP contribution in [-0.2, 0) is 9.59 Å². The van der Waals surface area contributed by atoms with Gasteiger partial charge < -0.3 is 16.2 Å². The summed E-state index contributed by atoms with van der Waals surface area (Å²) in [5.74, 6) is -1.41. The minimum Gasteiger partial charge on any atom is -0.480 e. The first-order chi connectivity index (χ1) is 6.52. The van der Waals surface area contributed by atoms with Crippen LogP contribution in [0.2, 0.25) is 0 Å². The molecule has 0 aromatic rings. The van der Waals surface area contributed by atoms with Crippen LogP contribution in [0.5, 0.6) is 0 Å². The van der Waals surface area contributed by atoms with Crippen molar-refractivity contribution < 1.29 is 14.7 Å². The molecule has 2 atom stereocenters. The van der Waals surface area contributed by atoms with Crippen LogP contribution < -0.4 is 11.1 Å². The number of aliphatic carboxylic acids is 1. The number of amides is 1. The summed E-state index contributed by atoms with van der Waals surface area (Å²) in [6.45, 7) is 3.64. The molecule has 14 heavy (non-hydrogen) atoms. The van der Waals surface area contributed by atoms with E-state index in [1.54, 1.807) is 6.92 Å². The van der Waals surface area contributed by atoms with E-state index in [4.69, 9.17) is 10.8 Å². The van der Waals surface area contributed by atoms with Gasteiger partial charge in [0.15, 0.2) is 0 Å². The van der Waals surface area contributed by atoms with Gasteiger partial charge in [-0.1, -0.05) is 20.3 Å². The first-order valence-electron chi connectivity index (χ1n) is 4.81. The Labute approximate surface area is 83.7 Å². The van der Waals surface area contributed by atoms with Crippen molar-refractivity contribution in [2.45, 2.75) is 45.2 Å². The number of rotatable bonds is 6. The lowest BCUT2D eigenvalue weighted by Crippen LogP contribution is -2.48. The van der Waals surface area contributed by atoms with Crippen LogP contribution in [0, 0.1) is 0 Å². The van der Waals surface area contributed by atoms with Gasteiger partial charge in [0.05, 0.1) is 6.04 Å². The molecule has 0 rings (SSSR count). The van der Waals surface area contributed by atoms with E-state index in [1.165, 1.54) is 0 Å². The van der Waals surface area contributed by atoms with E-state index in [-0.39, 0.29) is 0 Å². The van der Waals surface area contributed by atoms with Crippen molar-refractivity contribution in [2.24, 2.45) is 5.73 Å². The Hall–Kier alpha value is -1.10. The number of carbonyl (C=O) groups is 2. The molecule has 0 aliphatic carbocycles. The molecule has 0 saturated heterocycles. The Morgan fingerprint density at radius 3 is 2.36 bits per heavy atom. The fraction of sp³-hybridized carbons (Fsp3) is 0.778. The summed E-state index contributed by atoms with van der Waals surface area (Å²) in [5, 5.41) is 11.2. The largest absolute Gasteiger partial charge is 0.480 e. The van der Waals surface area contributed by atoms with Crippen LogP contribution in [-0.4, -0.2) is 29.1 Å². The van der Waals surface area contributed by atoms with E-state index < -0.39 is 24.0 Å². The number of carboxylic acids is 1. The maximum atomic E-state index is 11.3. The Bertz CT molecular complexity index is 206. The van der Waals surface area contributed by atoms with Gasteiger partial charge in [0, 0.05) is 0 Å². The second-order valence-corrected chi connectivity index (χ2v) is 3.20. The lowest BCUT2D eigenvalue weighted by Gasteiger charge is -2.16. The van der Waals surface area contributed by atoms with E-state index in [1.807, 2.05) is 6.92 Å². The standard InChI is InChI=1S/C9H18N2O3/c1-3-5-7(9(13)14)11-8(12)6(10)4-2/h6-7H,3-5,10H2,1-2H3,(H,11,12)(H,13,14)/t6-,7?/m0/s1. The highest BCUT2D eigenvalue weighted by molar-refractivity contribution is 5.86. The first-order valence-corrected chi connectivity index (χ1v) is 4.81. The van der Waals surface area contributed by atoms with Crippen molar-refractivity contribution in [1.82, 2.24) is 5.32 Å². The Kier molecular flexibility index (Phi) is 5.87. The van der Waals surface area contributed by atoms with Gasteiger partial charge >= 0.3 is 5.97 Å². The minimum absolute atomic E-state index is 0.395. The van der Waals surface area contributed by atoms with Crippen molar-refractivity contribution in [1.29, 1.82) is 0 Å². The molecule has 82 valence electrons. The highest BCUT2D eigenvalue weighted by atomic mass is 16.4. The second kappa shape index (κ2) is 6.37. The molecule has 0 radical (unpaired) electrons. The summed E-state index contributed by atoms with van der Waals surface area (Å²) in [4.78, 5) is 21.9. The first kappa shape index (κ1) is 12.9. The zero-order valence-electron chi connectivity index (χ0n) is 8.62. The molecular weight excluding hydrogens is 184 g/mol. The van der Waals surface area contributed by atoms with Crippen molar-refractivity contribution in [3.63, 3.8) is 0 Å². The molecule has 1 unspecified atom stereocenters. The van der Waals surface area contributed by atoms with E-state index >= 15 is 0 Å². The number of carboxylic acid groups (broad SMARTS) is 1. The third-order valence-electron chi connectivity index (χ3n) is 1.97. The lowest BCUT2D eigenvalue weighted by molar-refractivity contribution is -0.142. The highest BCUT2D eigenvalue weighted by Crippen LogP contribution is 1.98. The summed E-state index contributed by atoms with van der Waals surface area (Å²) in [6, 6.07) is -1.43. The fourth-order valence-electron chi connectivity index (χ4n) is 1.01. The highest BCUT2D eigenvalue weighted by Gasteiger charge is 2.21. The smallest absolute Gasteiger partial charge is 0.326 e. The van der Waals surface area contributed by atoms with E-state index in [0.717, 1.165) is 0 Å². The Balaban J connectivity index is 4.15. The lowest BCUT2D eigenvalue weighted by atomic mass is 10.1. The topological polar surface area (TPSA) is 92.4 Å². The van der Waals surface area contributed by atoms with Gasteiger partial charge in [-0.05, 0) is 12.8 Å². The third-order valence-corrected chi connectivity index (χ3v) is 1.97. The van der Waals surface area contributed by atoms with Gasteiger partial charge in [-0.3, -0.25) is 4.79 Å². The minimum atomic E-state index is -1.01. The van der Waals surface area contributed by atoms with Crippen molar-refractivity contribution in [2.75, 3.05) is 0 Å². The van der Waals surface area contributed by atoms with Gasteiger partial charge in [0.2, 0.25) is 5.91 Å². The molecule has 0 heterocycles. The predicted octanol–water partition coefficient (Wildman–Crippen LogP) is 0.0932. The summed E-state index contributed by atoms with van der Waals surface area (Å²) in [6.07, 6.45) is 1.64. The SMILES string of the molecule is CCCC(NC(=O)[C@@H](N)CC)C(=O)O. The van der Waals surface area contributed by atoms with E-state index in [2.05, 4.69) is 5.32 Å². The van der Waals surface area contributed by atoms with Crippen LogP contribution in [0.3, 0.4) is 0 Å². The maximum absolute atomic E-state index is 11.3. The fourth-order valence-corrected chi connectivity index (χ4v) is 1.01. The molecule has 0 aliphatic rings. The molecule has 0 aliphatic heterocycles. The molecule has 0 spiro atoms. The van der Waals surface area contributed by atoms with Gasteiger partial charge in [-0.25, -0.2) is 4.79 Å². The molecule has 0 saturated carbocycles. The van der Waals surface area contributed by atoms with Crippen molar-refractivity contribution >= 4 is 11.9 Å². The van der Waals surface area contributed by atoms with Crippen molar-refractivity contribution in [3.05, 3.63) is 0 Å². The molecule has 4 N–H and O–H groups in total. The van der Waals surface area contributed by atoms with Crippen LogP contribution in [0.15, 0.2) is 0 Å². The number of nitrogens with two attached hydrogens (primary N) is 1. The zero-order chi connectivity index (χ0) is 11.1. The second-order valence-electron chi connectivity index (χ2n) is 3.20. The van der Waals surface area contributed by atoms with Crippen LogP contribution in [0.4, 0.5) is 0 Å². The van der Waals surface area contributed by atoms with Crippen LogP contribution >= 0.6 is 0 Å². The number of hydrogen-bond donors (Lipinski definition) is 3. The normalized spacial score (nSPS) is 14.5. The van der Waals surface area contributed by atoms with Gasteiger partial charge in [-0.2, -0.15) is 0 Å².